The summed E-state index contributed by atoms with van der Waals surface area (Å²) in [5.74, 6) is 0.957. The summed E-state index contributed by atoms with van der Waals surface area (Å²) in [6.07, 6.45) is 2.44. The van der Waals surface area contributed by atoms with Crippen molar-refractivity contribution in [2.45, 2.75) is 32.7 Å². The molecule has 1 heterocycles. The third-order valence-corrected chi connectivity index (χ3v) is 2.63. The molecule has 2 N–H and O–H groups in total. The van der Waals surface area contributed by atoms with Crippen LogP contribution in [-0.4, -0.2) is 30.6 Å². The van der Waals surface area contributed by atoms with Crippen molar-refractivity contribution in [3.63, 3.8) is 0 Å². The molecule has 1 aliphatic rings. The Hall–Kier alpha value is -0.0800. The molecule has 0 bridgehead atoms. The Morgan fingerprint density at radius 2 is 2.09 bits per heavy atom. The Morgan fingerprint density at radius 1 is 1.45 bits per heavy atom. The minimum atomic E-state index is 0.396. The van der Waals surface area contributed by atoms with Gasteiger partial charge in [0.05, 0.1) is 0 Å². The summed E-state index contributed by atoms with van der Waals surface area (Å²) in [7, 11) is 0. The van der Waals surface area contributed by atoms with Crippen LogP contribution in [-0.2, 0) is 0 Å². The van der Waals surface area contributed by atoms with Gasteiger partial charge in [0.1, 0.15) is 0 Å². The van der Waals surface area contributed by atoms with Crippen LogP contribution in [0, 0.1) is 5.92 Å². The predicted molar refractivity (Wildman–Crippen MR) is 48.5 cm³/mol. The van der Waals surface area contributed by atoms with Crippen LogP contribution in [0.2, 0.25) is 0 Å². The average Bonchev–Trinajstić information content (AvgIpc) is 1.95. The van der Waals surface area contributed by atoms with Crippen LogP contribution in [0.1, 0.15) is 26.7 Å². The Bertz CT molecular complexity index is 108. The van der Waals surface area contributed by atoms with E-state index in [4.69, 9.17) is 5.73 Å². The highest BCUT2D eigenvalue weighted by Gasteiger charge is 2.25. The molecular weight excluding hydrogens is 136 g/mol. The second-order valence-electron chi connectivity index (χ2n) is 3.66. The monoisotopic (exact) mass is 156 g/mol. The molecular formula is C9H20N2. The van der Waals surface area contributed by atoms with Gasteiger partial charge in [-0.3, -0.25) is 0 Å². The zero-order chi connectivity index (χ0) is 8.27. The molecule has 1 atom stereocenters. The van der Waals surface area contributed by atoms with E-state index in [0.717, 1.165) is 18.9 Å². The first-order valence-electron chi connectivity index (χ1n) is 4.74. The molecule has 1 unspecified atom stereocenters. The van der Waals surface area contributed by atoms with Crippen molar-refractivity contribution in [3.05, 3.63) is 0 Å². The van der Waals surface area contributed by atoms with Crippen molar-refractivity contribution in [2.24, 2.45) is 11.7 Å². The van der Waals surface area contributed by atoms with Crippen LogP contribution in [0.3, 0.4) is 0 Å². The summed E-state index contributed by atoms with van der Waals surface area (Å²) in [6, 6.07) is 0.396. The smallest absolute Gasteiger partial charge is 0.0165 e. The number of hydrogen-bond donors (Lipinski definition) is 1. The second kappa shape index (κ2) is 4.07. The van der Waals surface area contributed by atoms with E-state index in [1.165, 1.54) is 19.5 Å². The van der Waals surface area contributed by atoms with Crippen LogP contribution in [0.25, 0.3) is 0 Å². The van der Waals surface area contributed by atoms with Crippen LogP contribution in [0.5, 0.6) is 0 Å². The molecule has 0 aliphatic carbocycles. The Labute approximate surface area is 69.8 Å². The SMILES string of the molecule is CCC(N)CN1CC(CC)C1. The van der Waals surface area contributed by atoms with Crippen molar-refractivity contribution < 1.29 is 0 Å². The molecule has 1 aliphatic heterocycles. The first-order chi connectivity index (χ1) is 5.26. The lowest BCUT2D eigenvalue weighted by Crippen LogP contribution is -2.50. The third-order valence-electron chi connectivity index (χ3n) is 2.63. The maximum absolute atomic E-state index is 5.83. The van der Waals surface area contributed by atoms with Gasteiger partial charge in [0.15, 0.2) is 0 Å². The maximum atomic E-state index is 5.83. The van der Waals surface area contributed by atoms with Crippen LogP contribution >= 0.6 is 0 Å². The van der Waals surface area contributed by atoms with E-state index in [1.807, 2.05) is 0 Å². The molecule has 1 saturated heterocycles. The zero-order valence-corrected chi connectivity index (χ0v) is 7.71. The Kier molecular flexibility index (Phi) is 3.34. The van der Waals surface area contributed by atoms with Crippen LogP contribution < -0.4 is 5.73 Å². The predicted octanol–water partition coefficient (Wildman–Crippen LogP) is 1.07. The summed E-state index contributed by atoms with van der Waals surface area (Å²) < 4.78 is 0. The Morgan fingerprint density at radius 3 is 2.55 bits per heavy atom. The van der Waals surface area contributed by atoms with Gasteiger partial charge >= 0.3 is 0 Å². The van der Waals surface area contributed by atoms with Gasteiger partial charge in [-0.05, 0) is 12.3 Å². The number of nitrogens with two attached hydrogens (primary N) is 1. The first kappa shape index (κ1) is 9.01. The highest BCUT2D eigenvalue weighted by molar-refractivity contribution is 4.80. The van der Waals surface area contributed by atoms with Crippen molar-refractivity contribution in [3.8, 4) is 0 Å². The number of nitrogens with zero attached hydrogens (tertiary/aromatic N) is 1. The molecule has 0 spiro atoms. The minimum Gasteiger partial charge on any atom is -0.327 e. The zero-order valence-electron chi connectivity index (χ0n) is 7.71. The Balaban J connectivity index is 2.04. The molecule has 0 radical (unpaired) electrons. The van der Waals surface area contributed by atoms with E-state index in [9.17, 15) is 0 Å². The molecule has 2 nitrogen and oxygen atoms in total. The number of hydrogen-bond acceptors (Lipinski definition) is 2. The van der Waals surface area contributed by atoms with Gasteiger partial charge in [-0.2, -0.15) is 0 Å². The van der Waals surface area contributed by atoms with Crippen LogP contribution in [0.4, 0.5) is 0 Å². The lowest BCUT2D eigenvalue weighted by molar-refractivity contribution is 0.0904. The molecule has 1 fully saturated rings. The second-order valence-corrected chi connectivity index (χ2v) is 3.66. The van der Waals surface area contributed by atoms with Gasteiger partial charge in [0.2, 0.25) is 0 Å². The summed E-state index contributed by atoms with van der Waals surface area (Å²) in [4.78, 5) is 2.46. The summed E-state index contributed by atoms with van der Waals surface area (Å²) >= 11 is 0. The molecule has 66 valence electrons. The summed E-state index contributed by atoms with van der Waals surface area (Å²) in [5, 5.41) is 0. The topological polar surface area (TPSA) is 29.3 Å². The van der Waals surface area contributed by atoms with Crippen molar-refractivity contribution >= 4 is 0 Å². The van der Waals surface area contributed by atoms with Gasteiger partial charge in [-0.15, -0.1) is 0 Å². The normalized spacial score (nSPS) is 23.2. The quantitative estimate of drug-likeness (QED) is 0.659. The summed E-state index contributed by atoms with van der Waals surface area (Å²) in [6.45, 7) is 8.09. The minimum absolute atomic E-state index is 0.396. The average molecular weight is 156 g/mol. The number of rotatable bonds is 4. The third kappa shape index (κ3) is 2.46. The van der Waals surface area contributed by atoms with Gasteiger partial charge in [-0.1, -0.05) is 20.3 Å². The fourth-order valence-corrected chi connectivity index (χ4v) is 1.54. The molecule has 11 heavy (non-hydrogen) atoms. The fourth-order valence-electron chi connectivity index (χ4n) is 1.54. The van der Waals surface area contributed by atoms with E-state index in [-0.39, 0.29) is 0 Å². The molecule has 0 aromatic heterocycles. The number of likely N-dealkylation sites (tertiary alicyclic amines) is 1. The lowest BCUT2D eigenvalue weighted by atomic mass is 9.96. The molecule has 0 amide bonds. The lowest BCUT2D eigenvalue weighted by Gasteiger charge is -2.40. The molecule has 2 heteroatoms. The fraction of sp³-hybridized carbons (Fsp3) is 1.00. The van der Waals surface area contributed by atoms with E-state index in [1.54, 1.807) is 0 Å². The molecule has 0 saturated carbocycles. The van der Waals surface area contributed by atoms with Crippen molar-refractivity contribution in [2.75, 3.05) is 19.6 Å². The van der Waals surface area contributed by atoms with E-state index in [2.05, 4.69) is 18.7 Å². The molecule has 1 rings (SSSR count). The van der Waals surface area contributed by atoms with E-state index in [0.29, 0.717) is 6.04 Å². The van der Waals surface area contributed by atoms with Gasteiger partial charge in [0.25, 0.3) is 0 Å². The van der Waals surface area contributed by atoms with Crippen LogP contribution in [0.15, 0.2) is 0 Å². The van der Waals surface area contributed by atoms with Gasteiger partial charge in [0, 0.05) is 25.7 Å². The highest BCUT2D eigenvalue weighted by Crippen LogP contribution is 2.18. The molecule has 0 aromatic carbocycles. The highest BCUT2D eigenvalue weighted by atomic mass is 15.2. The first-order valence-corrected chi connectivity index (χ1v) is 4.74. The van der Waals surface area contributed by atoms with Crippen molar-refractivity contribution in [1.82, 2.24) is 4.90 Å². The standard InChI is InChI=1S/C9H20N2/c1-3-8-5-11(6-8)7-9(10)4-2/h8-9H,3-7,10H2,1-2H3. The van der Waals surface area contributed by atoms with Crippen molar-refractivity contribution in [1.29, 1.82) is 0 Å². The largest absolute Gasteiger partial charge is 0.327 e. The van der Waals surface area contributed by atoms with Gasteiger partial charge < -0.3 is 10.6 Å². The van der Waals surface area contributed by atoms with Gasteiger partial charge in [-0.25, -0.2) is 0 Å². The molecule has 0 aromatic rings. The van der Waals surface area contributed by atoms with E-state index < -0.39 is 0 Å². The van der Waals surface area contributed by atoms with E-state index >= 15 is 0 Å². The summed E-state index contributed by atoms with van der Waals surface area (Å²) in [5.41, 5.74) is 5.83. The maximum Gasteiger partial charge on any atom is 0.0165 e.